The zero-order valence-electron chi connectivity index (χ0n) is 8.75. The molecule has 1 rings (SSSR count). The summed E-state index contributed by atoms with van der Waals surface area (Å²) >= 11 is 11.5. The second-order valence-corrected chi connectivity index (χ2v) is 3.68. The van der Waals surface area contributed by atoms with E-state index in [0.29, 0.717) is 0 Å². The first kappa shape index (κ1) is 13.5. The van der Waals surface area contributed by atoms with Crippen molar-refractivity contribution in [2.75, 3.05) is 7.11 Å². The van der Waals surface area contributed by atoms with Crippen LogP contribution in [0.4, 0.5) is 4.39 Å². The highest BCUT2D eigenvalue weighted by Gasteiger charge is 2.15. The molecule has 0 amide bonds. The van der Waals surface area contributed by atoms with Gasteiger partial charge in [0.2, 0.25) is 5.96 Å². The van der Waals surface area contributed by atoms with Crippen LogP contribution < -0.4 is 16.2 Å². The first-order valence-corrected chi connectivity index (χ1v) is 5.06. The number of ether oxygens (including phenoxy) is 1. The molecule has 1 aromatic rings. The second kappa shape index (κ2) is 5.70. The standard InChI is InChI=1S/C9H9Cl2FN4O/c1-17-8-6(11)2-5(10)4(7(8)12)3-15-16-9(13)14/h2-3H,1H3,(H4,13,14,16). The topological polar surface area (TPSA) is 86.0 Å². The summed E-state index contributed by atoms with van der Waals surface area (Å²) in [6.45, 7) is 0. The minimum atomic E-state index is -0.737. The van der Waals surface area contributed by atoms with Crippen LogP contribution in [0.15, 0.2) is 16.3 Å². The molecule has 92 valence electrons. The summed E-state index contributed by atoms with van der Waals surface area (Å²) in [5, 5.41) is 6.92. The summed E-state index contributed by atoms with van der Waals surface area (Å²) < 4.78 is 18.6. The molecule has 0 heterocycles. The van der Waals surface area contributed by atoms with Gasteiger partial charge in [-0.2, -0.15) is 5.10 Å². The fourth-order valence-corrected chi connectivity index (χ4v) is 1.61. The normalized spacial score (nSPS) is 10.6. The van der Waals surface area contributed by atoms with Crippen molar-refractivity contribution in [3.05, 3.63) is 27.5 Å². The summed E-state index contributed by atoms with van der Waals surface area (Å²) in [6.07, 6.45) is 1.07. The van der Waals surface area contributed by atoms with Gasteiger partial charge in [0.15, 0.2) is 11.6 Å². The summed E-state index contributed by atoms with van der Waals surface area (Å²) in [6, 6.07) is 1.34. The van der Waals surface area contributed by atoms with Crippen LogP contribution >= 0.6 is 23.2 Å². The average molecular weight is 279 g/mol. The van der Waals surface area contributed by atoms with Crippen LogP contribution in [0.2, 0.25) is 10.0 Å². The number of nitrogens with zero attached hydrogens (tertiary/aromatic N) is 2. The third-order valence-corrected chi connectivity index (χ3v) is 2.32. The van der Waals surface area contributed by atoms with Crippen LogP contribution in [0.25, 0.3) is 0 Å². The molecule has 5 nitrogen and oxygen atoms in total. The van der Waals surface area contributed by atoms with E-state index in [9.17, 15) is 4.39 Å². The Morgan fingerprint density at radius 1 is 1.41 bits per heavy atom. The molecular weight excluding hydrogens is 270 g/mol. The highest BCUT2D eigenvalue weighted by atomic mass is 35.5. The lowest BCUT2D eigenvalue weighted by Crippen LogP contribution is -2.21. The lowest BCUT2D eigenvalue weighted by molar-refractivity contribution is 0.386. The zero-order valence-corrected chi connectivity index (χ0v) is 10.3. The van der Waals surface area contributed by atoms with Crippen molar-refractivity contribution in [2.24, 2.45) is 21.7 Å². The number of halogens is 3. The largest absolute Gasteiger partial charge is 0.492 e. The van der Waals surface area contributed by atoms with Crippen molar-refractivity contribution in [1.82, 2.24) is 0 Å². The molecule has 4 N–H and O–H groups in total. The van der Waals surface area contributed by atoms with Gasteiger partial charge in [-0.05, 0) is 6.07 Å². The minimum absolute atomic E-state index is 0.0158. The van der Waals surface area contributed by atoms with Crippen LogP contribution in [0.1, 0.15) is 5.56 Å². The minimum Gasteiger partial charge on any atom is -0.492 e. The predicted molar refractivity (Wildman–Crippen MR) is 66.4 cm³/mol. The number of rotatable bonds is 3. The van der Waals surface area contributed by atoms with Crippen molar-refractivity contribution in [3.8, 4) is 5.75 Å². The lowest BCUT2D eigenvalue weighted by atomic mass is 10.2. The maximum Gasteiger partial charge on any atom is 0.211 e. The Kier molecular flexibility index (Phi) is 4.53. The van der Waals surface area contributed by atoms with E-state index in [4.69, 9.17) is 39.4 Å². The van der Waals surface area contributed by atoms with Gasteiger partial charge in [-0.15, -0.1) is 5.10 Å². The molecule has 0 saturated carbocycles. The molecule has 0 spiro atoms. The third-order valence-electron chi connectivity index (χ3n) is 1.73. The smallest absolute Gasteiger partial charge is 0.211 e. The first-order chi connectivity index (χ1) is 7.97. The molecule has 17 heavy (non-hydrogen) atoms. The fraction of sp³-hybridized carbons (Fsp3) is 0.111. The maximum atomic E-state index is 13.8. The van der Waals surface area contributed by atoms with Gasteiger partial charge in [0.05, 0.1) is 28.9 Å². The fourth-order valence-electron chi connectivity index (χ4n) is 1.05. The number of guanidine groups is 1. The number of hydrogen-bond donors (Lipinski definition) is 2. The van der Waals surface area contributed by atoms with Crippen molar-refractivity contribution in [1.29, 1.82) is 0 Å². The van der Waals surface area contributed by atoms with Gasteiger partial charge in [0.25, 0.3) is 0 Å². The van der Waals surface area contributed by atoms with E-state index in [1.165, 1.54) is 13.2 Å². The van der Waals surface area contributed by atoms with Gasteiger partial charge in [-0.3, -0.25) is 0 Å². The van der Waals surface area contributed by atoms with Crippen LogP contribution in [-0.2, 0) is 0 Å². The van der Waals surface area contributed by atoms with Crippen LogP contribution in [0, 0.1) is 5.82 Å². The maximum absolute atomic E-state index is 13.8. The second-order valence-electron chi connectivity index (χ2n) is 2.87. The van der Waals surface area contributed by atoms with Gasteiger partial charge in [0.1, 0.15) is 0 Å². The molecule has 8 heteroatoms. The van der Waals surface area contributed by atoms with E-state index < -0.39 is 5.82 Å². The van der Waals surface area contributed by atoms with E-state index in [1.54, 1.807) is 0 Å². The van der Waals surface area contributed by atoms with E-state index in [0.717, 1.165) is 6.21 Å². The molecular formula is C9H9Cl2FN4O. The molecule has 0 saturated heterocycles. The third kappa shape index (κ3) is 3.21. The highest BCUT2D eigenvalue weighted by Crippen LogP contribution is 2.33. The Morgan fingerprint density at radius 2 is 2.06 bits per heavy atom. The highest BCUT2D eigenvalue weighted by molar-refractivity contribution is 6.37. The van der Waals surface area contributed by atoms with Crippen LogP contribution in [-0.4, -0.2) is 19.3 Å². The van der Waals surface area contributed by atoms with Gasteiger partial charge in [-0.1, -0.05) is 23.2 Å². The van der Waals surface area contributed by atoms with Gasteiger partial charge < -0.3 is 16.2 Å². The van der Waals surface area contributed by atoms with E-state index in [2.05, 4.69) is 10.2 Å². The Bertz CT molecular complexity index is 486. The molecule has 0 atom stereocenters. The summed E-state index contributed by atoms with van der Waals surface area (Å²) in [7, 11) is 1.29. The molecule has 0 radical (unpaired) electrons. The molecule has 0 unspecified atom stereocenters. The van der Waals surface area contributed by atoms with E-state index >= 15 is 0 Å². The van der Waals surface area contributed by atoms with Crippen LogP contribution in [0.5, 0.6) is 5.75 Å². The summed E-state index contributed by atoms with van der Waals surface area (Å²) in [5.74, 6) is -1.11. The zero-order chi connectivity index (χ0) is 13.0. The first-order valence-electron chi connectivity index (χ1n) is 4.30. The molecule has 0 aliphatic carbocycles. The number of hydrogen-bond acceptors (Lipinski definition) is 3. The monoisotopic (exact) mass is 278 g/mol. The quantitative estimate of drug-likeness (QED) is 0.502. The van der Waals surface area contributed by atoms with Crippen molar-refractivity contribution in [3.63, 3.8) is 0 Å². The number of nitrogens with two attached hydrogens (primary N) is 2. The Balaban J connectivity index is 3.24. The Hall–Kier alpha value is -1.53. The van der Waals surface area contributed by atoms with E-state index in [1.807, 2.05) is 0 Å². The Morgan fingerprint density at radius 3 is 2.59 bits per heavy atom. The van der Waals surface area contributed by atoms with Gasteiger partial charge in [-0.25, -0.2) is 4.39 Å². The Labute approximate surface area is 107 Å². The molecule has 0 aliphatic heterocycles. The van der Waals surface area contributed by atoms with Gasteiger partial charge in [0, 0.05) is 0 Å². The molecule has 0 bridgehead atoms. The predicted octanol–water partition coefficient (Wildman–Crippen LogP) is 1.75. The van der Waals surface area contributed by atoms with Crippen LogP contribution in [0.3, 0.4) is 0 Å². The summed E-state index contributed by atoms with van der Waals surface area (Å²) in [5.41, 5.74) is 10.1. The van der Waals surface area contributed by atoms with Gasteiger partial charge >= 0.3 is 0 Å². The van der Waals surface area contributed by atoms with E-state index in [-0.39, 0.29) is 27.3 Å². The molecule has 0 aromatic heterocycles. The molecule has 0 fully saturated rings. The van der Waals surface area contributed by atoms with Crippen molar-refractivity contribution in [2.45, 2.75) is 0 Å². The molecule has 1 aromatic carbocycles. The van der Waals surface area contributed by atoms with Crippen molar-refractivity contribution >= 4 is 35.4 Å². The number of benzene rings is 1. The SMILES string of the molecule is COc1c(Cl)cc(Cl)c(C=NN=C(N)N)c1F. The molecule has 0 aliphatic rings. The number of methoxy groups -OCH3 is 1. The summed E-state index contributed by atoms with van der Waals surface area (Å²) in [4.78, 5) is 0. The lowest BCUT2D eigenvalue weighted by Gasteiger charge is -2.07. The van der Waals surface area contributed by atoms with Crippen molar-refractivity contribution < 1.29 is 9.13 Å². The average Bonchev–Trinajstić information content (AvgIpc) is 2.22.